The van der Waals surface area contributed by atoms with E-state index in [-0.39, 0.29) is 6.03 Å². The molecule has 2 rings (SSSR count). The summed E-state index contributed by atoms with van der Waals surface area (Å²) in [5.41, 5.74) is 0. The van der Waals surface area contributed by atoms with Gasteiger partial charge in [-0.3, -0.25) is 0 Å². The largest absolute Gasteiger partial charge is 0.338 e. The van der Waals surface area contributed by atoms with Crippen LogP contribution < -0.4 is 10.6 Å². The van der Waals surface area contributed by atoms with Crippen molar-refractivity contribution in [3.05, 3.63) is 20.8 Å². The lowest BCUT2D eigenvalue weighted by Crippen LogP contribution is -2.39. The zero-order valence-corrected chi connectivity index (χ0v) is 11.4. The molecule has 0 atom stereocenters. The predicted molar refractivity (Wildman–Crippen MR) is 69.6 cm³/mol. The maximum absolute atomic E-state index is 11.4. The number of hydrogen-bond donors (Lipinski definition) is 2. The van der Waals surface area contributed by atoms with E-state index < -0.39 is 0 Å². The van der Waals surface area contributed by atoms with Gasteiger partial charge in [0.05, 0.1) is 6.54 Å². The minimum Gasteiger partial charge on any atom is -0.338 e. The minimum atomic E-state index is -0.0589. The Kier molecular flexibility index (Phi) is 4.23. The molecule has 2 amide bonds. The number of thiophene rings is 1. The Labute approximate surface area is 108 Å². The van der Waals surface area contributed by atoms with Crippen molar-refractivity contribution >= 4 is 33.3 Å². The molecule has 16 heavy (non-hydrogen) atoms. The third-order valence-corrected chi connectivity index (χ3v) is 4.52. The summed E-state index contributed by atoms with van der Waals surface area (Å²) in [6.45, 7) is 1.42. The van der Waals surface area contributed by atoms with Crippen LogP contribution in [-0.2, 0) is 6.54 Å². The highest BCUT2D eigenvalue weighted by Crippen LogP contribution is 2.25. The van der Waals surface area contributed by atoms with Gasteiger partial charge in [-0.05, 0) is 40.8 Å². The molecule has 0 radical (unpaired) electrons. The Morgan fingerprint density at radius 3 is 2.88 bits per heavy atom. The number of carbonyl (C=O) groups is 1. The number of urea groups is 1. The van der Waals surface area contributed by atoms with Gasteiger partial charge in [0, 0.05) is 21.3 Å². The molecule has 5 heteroatoms. The SMILES string of the molecule is O=C(NCc1cc(Br)cs1)NCC1CCC1. The van der Waals surface area contributed by atoms with Crippen LogP contribution in [0.25, 0.3) is 0 Å². The van der Waals surface area contributed by atoms with E-state index >= 15 is 0 Å². The van der Waals surface area contributed by atoms with Crippen LogP contribution in [0.15, 0.2) is 15.9 Å². The maximum atomic E-state index is 11.4. The zero-order valence-electron chi connectivity index (χ0n) is 8.96. The quantitative estimate of drug-likeness (QED) is 0.881. The normalized spacial score (nSPS) is 15.6. The third kappa shape index (κ3) is 3.49. The van der Waals surface area contributed by atoms with Crippen molar-refractivity contribution in [3.8, 4) is 0 Å². The lowest BCUT2D eigenvalue weighted by molar-refractivity contribution is 0.232. The van der Waals surface area contributed by atoms with Gasteiger partial charge in [0.15, 0.2) is 0 Å². The molecule has 1 aliphatic carbocycles. The average molecular weight is 303 g/mol. The zero-order chi connectivity index (χ0) is 11.4. The first kappa shape index (κ1) is 11.9. The summed E-state index contributed by atoms with van der Waals surface area (Å²) in [4.78, 5) is 12.6. The highest BCUT2D eigenvalue weighted by atomic mass is 79.9. The van der Waals surface area contributed by atoms with Gasteiger partial charge < -0.3 is 10.6 Å². The topological polar surface area (TPSA) is 41.1 Å². The highest BCUT2D eigenvalue weighted by Gasteiger charge is 2.17. The molecule has 1 aromatic heterocycles. The summed E-state index contributed by atoms with van der Waals surface area (Å²) in [7, 11) is 0. The Morgan fingerprint density at radius 1 is 1.50 bits per heavy atom. The predicted octanol–water partition coefficient (Wildman–Crippen LogP) is 3.11. The van der Waals surface area contributed by atoms with Crippen molar-refractivity contribution in [2.24, 2.45) is 5.92 Å². The average Bonchev–Trinajstić information content (AvgIpc) is 2.59. The summed E-state index contributed by atoms with van der Waals surface area (Å²) < 4.78 is 1.07. The first-order chi connectivity index (χ1) is 7.74. The van der Waals surface area contributed by atoms with E-state index in [0.29, 0.717) is 12.5 Å². The summed E-state index contributed by atoms with van der Waals surface area (Å²) in [6, 6.07) is 1.97. The van der Waals surface area contributed by atoms with Gasteiger partial charge in [-0.25, -0.2) is 4.79 Å². The van der Waals surface area contributed by atoms with Crippen LogP contribution in [0.1, 0.15) is 24.1 Å². The fourth-order valence-electron chi connectivity index (χ4n) is 1.61. The number of hydrogen-bond acceptors (Lipinski definition) is 2. The summed E-state index contributed by atoms with van der Waals surface area (Å²) in [5, 5.41) is 7.78. The lowest BCUT2D eigenvalue weighted by Gasteiger charge is -2.25. The summed E-state index contributed by atoms with van der Waals surface area (Å²) in [5.74, 6) is 0.710. The van der Waals surface area contributed by atoms with Crippen LogP contribution in [-0.4, -0.2) is 12.6 Å². The fraction of sp³-hybridized carbons (Fsp3) is 0.545. The molecule has 1 heterocycles. The van der Waals surface area contributed by atoms with Crippen molar-refractivity contribution in [2.75, 3.05) is 6.54 Å². The van der Waals surface area contributed by atoms with Crippen molar-refractivity contribution < 1.29 is 4.79 Å². The van der Waals surface area contributed by atoms with E-state index in [1.54, 1.807) is 11.3 Å². The number of rotatable bonds is 4. The van der Waals surface area contributed by atoms with Crippen LogP contribution in [0, 0.1) is 5.92 Å². The number of nitrogens with one attached hydrogen (secondary N) is 2. The highest BCUT2D eigenvalue weighted by molar-refractivity contribution is 9.10. The second-order valence-electron chi connectivity index (χ2n) is 4.09. The Balaban J connectivity index is 1.63. The van der Waals surface area contributed by atoms with Crippen molar-refractivity contribution in [1.29, 1.82) is 0 Å². The van der Waals surface area contributed by atoms with E-state index in [9.17, 15) is 4.79 Å². The standard InChI is InChI=1S/C11H15BrN2OS/c12-9-4-10(16-7-9)6-14-11(15)13-5-8-2-1-3-8/h4,7-8H,1-3,5-6H2,(H2,13,14,15). The van der Waals surface area contributed by atoms with E-state index in [1.165, 1.54) is 19.3 Å². The van der Waals surface area contributed by atoms with E-state index in [1.807, 2.05) is 11.4 Å². The molecular weight excluding hydrogens is 288 g/mol. The van der Waals surface area contributed by atoms with Gasteiger partial charge in [0.2, 0.25) is 0 Å². The molecular formula is C11H15BrN2OS. The smallest absolute Gasteiger partial charge is 0.315 e. The van der Waals surface area contributed by atoms with Crippen LogP contribution in [0.3, 0.4) is 0 Å². The van der Waals surface area contributed by atoms with Gasteiger partial charge in [-0.1, -0.05) is 6.42 Å². The molecule has 1 fully saturated rings. The molecule has 0 spiro atoms. The second-order valence-corrected chi connectivity index (χ2v) is 6.00. The van der Waals surface area contributed by atoms with Gasteiger partial charge in [0.25, 0.3) is 0 Å². The third-order valence-electron chi connectivity index (χ3n) is 2.82. The van der Waals surface area contributed by atoms with Crippen molar-refractivity contribution in [2.45, 2.75) is 25.8 Å². The minimum absolute atomic E-state index is 0.0589. The summed E-state index contributed by atoms with van der Waals surface area (Å²) >= 11 is 5.03. The molecule has 3 nitrogen and oxygen atoms in total. The Bertz CT molecular complexity index is 363. The molecule has 0 aliphatic heterocycles. The van der Waals surface area contributed by atoms with Crippen LogP contribution in [0.5, 0.6) is 0 Å². The van der Waals surface area contributed by atoms with Crippen LogP contribution >= 0.6 is 27.3 Å². The molecule has 2 N–H and O–H groups in total. The monoisotopic (exact) mass is 302 g/mol. The van der Waals surface area contributed by atoms with Crippen molar-refractivity contribution in [1.82, 2.24) is 10.6 Å². The van der Waals surface area contributed by atoms with Crippen molar-refractivity contribution in [3.63, 3.8) is 0 Å². The molecule has 1 aromatic rings. The Morgan fingerprint density at radius 2 is 2.31 bits per heavy atom. The fourth-order valence-corrected chi connectivity index (χ4v) is 3.00. The first-order valence-electron chi connectivity index (χ1n) is 5.48. The number of amides is 2. The van der Waals surface area contributed by atoms with E-state index in [0.717, 1.165) is 15.9 Å². The maximum Gasteiger partial charge on any atom is 0.315 e. The Hall–Kier alpha value is -0.550. The van der Waals surface area contributed by atoms with E-state index in [4.69, 9.17) is 0 Å². The van der Waals surface area contributed by atoms with Gasteiger partial charge >= 0.3 is 6.03 Å². The molecule has 0 saturated heterocycles. The second kappa shape index (κ2) is 5.68. The molecule has 0 bridgehead atoms. The van der Waals surface area contributed by atoms with Gasteiger partial charge in [0.1, 0.15) is 0 Å². The van der Waals surface area contributed by atoms with Crippen LogP contribution in [0.2, 0.25) is 0 Å². The van der Waals surface area contributed by atoms with Gasteiger partial charge in [-0.15, -0.1) is 11.3 Å². The molecule has 1 saturated carbocycles. The molecule has 0 unspecified atom stereocenters. The first-order valence-corrected chi connectivity index (χ1v) is 7.16. The van der Waals surface area contributed by atoms with E-state index in [2.05, 4.69) is 26.6 Å². The van der Waals surface area contributed by atoms with Crippen LogP contribution in [0.4, 0.5) is 4.79 Å². The molecule has 0 aromatic carbocycles. The number of carbonyl (C=O) groups excluding carboxylic acids is 1. The molecule has 1 aliphatic rings. The molecule has 88 valence electrons. The summed E-state index contributed by atoms with van der Waals surface area (Å²) in [6.07, 6.45) is 3.84. The van der Waals surface area contributed by atoms with Gasteiger partial charge in [-0.2, -0.15) is 0 Å². The lowest BCUT2D eigenvalue weighted by atomic mass is 9.85. The number of halogens is 1.